The normalized spacial score (nSPS) is 22.5. The minimum Gasteiger partial charge on any atom is -0.350 e. The van der Waals surface area contributed by atoms with Crippen LogP contribution in [0, 0.1) is 19.8 Å². The maximum absolute atomic E-state index is 12.5. The monoisotopic (exact) mass is 337 g/mol. The van der Waals surface area contributed by atoms with E-state index < -0.39 is 0 Å². The molecule has 0 spiro atoms. The van der Waals surface area contributed by atoms with Crippen molar-refractivity contribution in [2.45, 2.75) is 38.1 Å². The maximum Gasteiger partial charge on any atom is 0.233 e. The number of ether oxygens (including phenoxy) is 2. The van der Waals surface area contributed by atoms with E-state index in [9.17, 15) is 4.79 Å². The summed E-state index contributed by atoms with van der Waals surface area (Å²) < 4.78 is 11.2. The van der Waals surface area contributed by atoms with Gasteiger partial charge in [0.15, 0.2) is 11.4 Å². The van der Waals surface area contributed by atoms with Crippen molar-refractivity contribution >= 4 is 17.7 Å². The number of piperidine rings is 1. The smallest absolute Gasteiger partial charge is 0.233 e. The molecule has 2 aliphatic rings. The molecule has 1 aromatic heterocycles. The highest BCUT2D eigenvalue weighted by Crippen LogP contribution is 2.25. The number of hydrogen-bond acceptors (Lipinski definition) is 6. The molecule has 2 fully saturated rings. The minimum atomic E-state index is -0.138. The Hall–Kier alpha value is -1.18. The number of hydrogen-bond donors (Lipinski definition) is 0. The summed E-state index contributed by atoms with van der Waals surface area (Å²) in [6.07, 6.45) is 1.92. The van der Waals surface area contributed by atoms with E-state index in [-0.39, 0.29) is 18.1 Å². The first-order valence-electron chi connectivity index (χ1n) is 8.08. The van der Waals surface area contributed by atoms with E-state index in [1.807, 2.05) is 24.8 Å². The summed E-state index contributed by atoms with van der Waals surface area (Å²) >= 11 is 1.41. The number of likely N-dealkylation sites (tertiary alicyclic amines) is 1. The van der Waals surface area contributed by atoms with Crippen LogP contribution in [0.4, 0.5) is 0 Å². The molecular formula is C16H23N3O3S. The molecular weight excluding hydrogens is 314 g/mol. The molecule has 3 heterocycles. The van der Waals surface area contributed by atoms with Gasteiger partial charge in [0.05, 0.1) is 19.0 Å². The third-order valence-corrected chi connectivity index (χ3v) is 4.96. The van der Waals surface area contributed by atoms with Crippen molar-refractivity contribution in [3.63, 3.8) is 0 Å². The molecule has 7 heteroatoms. The van der Waals surface area contributed by atoms with Gasteiger partial charge in [0, 0.05) is 30.4 Å². The van der Waals surface area contributed by atoms with Crippen molar-refractivity contribution in [3.05, 3.63) is 17.5 Å². The fourth-order valence-electron chi connectivity index (χ4n) is 3.08. The summed E-state index contributed by atoms with van der Waals surface area (Å²) in [5.74, 6) is 0.806. The second-order valence-corrected chi connectivity index (χ2v) is 7.02. The predicted octanol–water partition coefficient (Wildman–Crippen LogP) is 1.80. The first-order valence-corrected chi connectivity index (χ1v) is 9.06. The number of aryl methyl sites for hydroxylation is 2. The third-order valence-electron chi connectivity index (χ3n) is 4.13. The van der Waals surface area contributed by atoms with E-state index in [1.165, 1.54) is 11.8 Å². The molecule has 3 rings (SSSR count). The number of amides is 1. The van der Waals surface area contributed by atoms with E-state index in [2.05, 4.69) is 9.97 Å². The zero-order valence-electron chi connectivity index (χ0n) is 13.7. The largest absolute Gasteiger partial charge is 0.350 e. The lowest BCUT2D eigenvalue weighted by atomic mass is 9.97. The maximum atomic E-state index is 12.5. The number of carbonyl (C=O) groups excluding carboxylic acids is 1. The molecule has 0 N–H and O–H groups in total. The Bertz CT molecular complexity index is 543. The zero-order valence-corrected chi connectivity index (χ0v) is 14.5. The van der Waals surface area contributed by atoms with Gasteiger partial charge in [-0.15, -0.1) is 0 Å². The number of rotatable bonds is 4. The first kappa shape index (κ1) is 16.7. The molecule has 1 unspecified atom stereocenters. The summed E-state index contributed by atoms with van der Waals surface area (Å²) in [4.78, 5) is 23.1. The Labute approximate surface area is 141 Å². The summed E-state index contributed by atoms with van der Waals surface area (Å²) in [5.41, 5.74) is 1.86. The van der Waals surface area contributed by atoms with Gasteiger partial charge in [-0.1, -0.05) is 11.8 Å². The van der Waals surface area contributed by atoms with Crippen molar-refractivity contribution in [3.8, 4) is 0 Å². The van der Waals surface area contributed by atoms with E-state index in [4.69, 9.17) is 9.47 Å². The van der Waals surface area contributed by atoms with Gasteiger partial charge in [-0.25, -0.2) is 9.97 Å². The van der Waals surface area contributed by atoms with Gasteiger partial charge < -0.3 is 14.4 Å². The highest BCUT2D eigenvalue weighted by atomic mass is 32.2. The van der Waals surface area contributed by atoms with Gasteiger partial charge in [0.2, 0.25) is 5.91 Å². The molecule has 2 aliphatic heterocycles. The number of aromatic nitrogens is 2. The quantitative estimate of drug-likeness (QED) is 0.617. The minimum absolute atomic E-state index is 0.138. The van der Waals surface area contributed by atoms with Crippen molar-refractivity contribution in [2.24, 2.45) is 5.92 Å². The van der Waals surface area contributed by atoms with Gasteiger partial charge in [0.25, 0.3) is 0 Å². The first-order chi connectivity index (χ1) is 11.1. The summed E-state index contributed by atoms with van der Waals surface area (Å²) in [6.45, 7) is 6.74. The van der Waals surface area contributed by atoms with Crippen LogP contribution in [0.1, 0.15) is 24.2 Å². The van der Waals surface area contributed by atoms with Crippen LogP contribution in [0.15, 0.2) is 11.2 Å². The third kappa shape index (κ3) is 4.43. The molecule has 0 aliphatic carbocycles. The van der Waals surface area contributed by atoms with Gasteiger partial charge in [-0.2, -0.15) is 0 Å². The lowest BCUT2D eigenvalue weighted by Gasteiger charge is -2.34. The van der Waals surface area contributed by atoms with Crippen LogP contribution in [0.2, 0.25) is 0 Å². The molecule has 0 bridgehead atoms. The Morgan fingerprint density at radius 3 is 2.70 bits per heavy atom. The molecule has 126 valence electrons. The Morgan fingerprint density at radius 2 is 2.00 bits per heavy atom. The van der Waals surface area contributed by atoms with E-state index in [1.54, 1.807) is 0 Å². The van der Waals surface area contributed by atoms with E-state index in [0.717, 1.165) is 37.3 Å². The van der Waals surface area contributed by atoms with Crippen LogP contribution in [-0.2, 0) is 14.3 Å². The van der Waals surface area contributed by atoms with Crippen LogP contribution < -0.4 is 0 Å². The second kappa shape index (κ2) is 7.59. The fourth-order valence-corrected chi connectivity index (χ4v) is 3.94. The topological polar surface area (TPSA) is 64.6 Å². The summed E-state index contributed by atoms with van der Waals surface area (Å²) in [7, 11) is 0. The lowest BCUT2D eigenvalue weighted by Crippen LogP contribution is -2.44. The van der Waals surface area contributed by atoms with Gasteiger partial charge in [0.1, 0.15) is 0 Å². The van der Waals surface area contributed by atoms with Crippen molar-refractivity contribution in [1.29, 1.82) is 0 Å². The Kier molecular flexibility index (Phi) is 5.50. The van der Waals surface area contributed by atoms with Crippen LogP contribution in [0.3, 0.4) is 0 Å². The Morgan fingerprint density at radius 1 is 1.30 bits per heavy atom. The van der Waals surface area contributed by atoms with Crippen LogP contribution in [0.25, 0.3) is 0 Å². The van der Waals surface area contributed by atoms with Crippen LogP contribution in [0.5, 0.6) is 0 Å². The molecule has 2 saturated heterocycles. The highest BCUT2D eigenvalue weighted by molar-refractivity contribution is 7.99. The van der Waals surface area contributed by atoms with Gasteiger partial charge >= 0.3 is 0 Å². The van der Waals surface area contributed by atoms with E-state index >= 15 is 0 Å². The van der Waals surface area contributed by atoms with E-state index in [0.29, 0.717) is 24.1 Å². The zero-order chi connectivity index (χ0) is 16.2. The number of carbonyl (C=O) groups is 1. The number of nitrogens with zero attached hydrogens (tertiary/aromatic N) is 3. The molecule has 1 amide bonds. The van der Waals surface area contributed by atoms with Gasteiger partial charge in [-0.05, 0) is 32.8 Å². The highest BCUT2D eigenvalue weighted by Gasteiger charge is 2.32. The molecule has 0 saturated carbocycles. The average Bonchev–Trinajstić information content (AvgIpc) is 3.06. The predicted molar refractivity (Wildman–Crippen MR) is 87.2 cm³/mol. The molecule has 0 aromatic carbocycles. The molecule has 23 heavy (non-hydrogen) atoms. The van der Waals surface area contributed by atoms with Crippen molar-refractivity contribution in [1.82, 2.24) is 14.9 Å². The second-order valence-electron chi connectivity index (χ2n) is 6.07. The van der Waals surface area contributed by atoms with Gasteiger partial charge in [-0.3, -0.25) is 4.79 Å². The molecule has 1 atom stereocenters. The fraction of sp³-hybridized carbons (Fsp3) is 0.688. The standard InChI is InChI=1S/C16H23N3O3S/c1-11-8-12(2)18-16(17-11)23-10-14(20)19-5-3-4-13(9-19)15-21-6-7-22-15/h8,13,15H,3-7,9-10H2,1-2H3. The van der Waals surface area contributed by atoms with Crippen molar-refractivity contribution < 1.29 is 14.3 Å². The lowest BCUT2D eigenvalue weighted by molar-refractivity contribution is -0.136. The van der Waals surface area contributed by atoms with Crippen LogP contribution >= 0.6 is 11.8 Å². The number of thioether (sulfide) groups is 1. The molecule has 1 aromatic rings. The Balaban J connectivity index is 1.53. The van der Waals surface area contributed by atoms with Crippen molar-refractivity contribution in [2.75, 3.05) is 32.1 Å². The van der Waals surface area contributed by atoms with Crippen LogP contribution in [-0.4, -0.2) is 59.1 Å². The average molecular weight is 337 g/mol. The SMILES string of the molecule is Cc1cc(C)nc(SCC(=O)N2CCCC(C3OCCO3)C2)n1. The molecule has 0 radical (unpaired) electrons. The summed E-state index contributed by atoms with van der Waals surface area (Å²) in [5, 5.41) is 0.673. The molecule has 6 nitrogen and oxygen atoms in total. The summed E-state index contributed by atoms with van der Waals surface area (Å²) in [6, 6.07) is 1.93.